The minimum Gasteiger partial charge on any atom is -0.353 e. The third-order valence-electron chi connectivity index (χ3n) is 5.59. The van der Waals surface area contributed by atoms with Crippen LogP contribution in [-0.2, 0) is 23.1 Å². The molecule has 1 fully saturated rings. The average Bonchev–Trinajstić information content (AvgIpc) is 3.15. The highest BCUT2D eigenvalue weighted by Gasteiger charge is 2.26. The molecule has 0 radical (unpaired) electrons. The van der Waals surface area contributed by atoms with Crippen LogP contribution in [-0.4, -0.2) is 66.0 Å². The molecule has 1 aromatic heterocycles. The fourth-order valence-electron chi connectivity index (χ4n) is 3.66. The summed E-state index contributed by atoms with van der Waals surface area (Å²) in [5, 5.41) is 5.50. The third kappa shape index (κ3) is 5.46. The van der Waals surface area contributed by atoms with Crippen LogP contribution < -0.4 is 10.6 Å². The fraction of sp³-hybridized carbons (Fsp3) is 0.455. The minimum atomic E-state index is -0.641. The van der Waals surface area contributed by atoms with E-state index in [0.717, 1.165) is 38.3 Å². The van der Waals surface area contributed by atoms with Gasteiger partial charge >= 0.3 is 11.8 Å². The number of rotatable bonds is 6. The van der Waals surface area contributed by atoms with E-state index in [1.807, 2.05) is 43.6 Å². The van der Waals surface area contributed by atoms with Crippen molar-refractivity contribution in [2.24, 2.45) is 7.05 Å². The van der Waals surface area contributed by atoms with E-state index in [2.05, 4.69) is 45.0 Å². The van der Waals surface area contributed by atoms with Gasteiger partial charge in [-0.05, 0) is 43.3 Å². The van der Waals surface area contributed by atoms with E-state index >= 15 is 0 Å². The number of anilines is 1. The first kappa shape index (κ1) is 21.1. The van der Waals surface area contributed by atoms with Crippen molar-refractivity contribution < 1.29 is 9.59 Å². The van der Waals surface area contributed by atoms with Gasteiger partial charge < -0.3 is 20.1 Å². The predicted molar refractivity (Wildman–Crippen MR) is 115 cm³/mol. The first-order chi connectivity index (χ1) is 14.0. The topological polar surface area (TPSA) is 69.6 Å². The first-order valence-corrected chi connectivity index (χ1v) is 10.2. The normalized spacial score (nSPS) is 16.4. The molecule has 3 rings (SSSR count). The molecule has 1 aliphatic heterocycles. The van der Waals surface area contributed by atoms with E-state index in [1.165, 1.54) is 5.56 Å². The summed E-state index contributed by atoms with van der Waals surface area (Å²) in [5.41, 5.74) is 2.94. The summed E-state index contributed by atoms with van der Waals surface area (Å²) in [6.07, 6.45) is 2.94. The van der Waals surface area contributed by atoms with E-state index in [0.29, 0.717) is 12.2 Å². The van der Waals surface area contributed by atoms with Crippen molar-refractivity contribution in [1.29, 1.82) is 0 Å². The zero-order valence-corrected chi connectivity index (χ0v) is 17.5. The van der Waals surface area contributed by atoms with Crippen molar-refractivity contribution in [3.63, 3.8) is 0 Å². The molecule has 1 aromatic carbocycles. The van der Waals surface area contributed by atoms with Gasteiger partial charge in [-0.15, -0.1) is 0 Å². The number of piperazine rings is 1. The van der Waals surface area contributed by atoms with Crippen LogP contribution >= 0.6 is 0 Å². The molecule has 1 atom stereocenters. The molecule has 0 spiro atoms. The Bertz CT molecular complexity index is 822. The second kappa shape index (κ2) is 9.71. The second-order valence-electron chi connectivity index (χ2n) is 7.61. The molecule has 7 heteroatoms. The van der Waals surface area contributed by atoms with E-state index < -0.39 is 11.8 Å². The molecule has 2 heterocycles. The van der Waals surface area contributed by atoms with Crippen molar-refractivity contribution >= 4 is 17.5 Å². The number of nitrogens with zero attached hydrogens (tertiary/aromatic N) is 3. The Labute approximate surface area is 172 Å². The van der Waals surface area contributed by atoms with Gasteiger partial charge in [-0.1, -0.05) is 19.1 Å². The van der Waals surface area contributed by atoms with Gasteiger partial charge in [0.05, 0.1) is 6.04 Å². The molecule has 1 aliphatic rings. The number of aromatic nitrogens is 1. The van der Waals surface area contributed by atoms with Crippen molar-refractivity contribution in [2.45, 2.75) is 19.4 Å². The second-order valence-corrected chi connectivity index (χ2v) is 7.61. The molecule has 0 saturated carbocycles. The molecule has 1 saturated heterocycles. The summed E-state index contributed by atoms with van der Waals surface area (Å²) >= 11 is 0. The smallest absolute Gasteiger partial charge is 0.313 e. The summed E-state index contributed by atoms with van der Waals surface area (Å²) in [7, 11) is 4.13. The van der Waals surface area contributed by atoms with Crippen LogP contribution in [0.2, 0.25) is 0 Å². The number of carbonyl (C=O) groups is 2. The number of carbonyl (C=O) groups excluding carboxylic acids is 2. The molecule has 1 unspecified atom stereocenters. The maximum Gasteiger partial charge on any atom is 0.313 e. The van der Waals surface area contributed by atoms with Crippen LogP contribution in [0.1, 0.15) is 24.2 Å². The van der Waals surface area contributed by atoms with Crippen LogP contribution in [0.15, 0.2) is 42.6 Å². The molecule has 0 aliphatic carbocycles. The van der Waals surface area contributed by atoms with Crippen molar-refractivity contribution in [2.75, 3.05) is 45.1 Å². The monoisotopic (exact) mass is 397 g/mol. The van der Waals surface area contributed by atoms with Gasteiger partial charge in [0.25, 0.3) is 0 Å². The number of aryl methyl sites for hydroxylation is 2. The van der Waals surface area contributed by atoms with Crippen molar-refractivity contribution in [3.8, 4) is 0 Å². The van der Waals surface area contributed by atoms with Crippen molar-refractivity contribution in [1.82, 2.24) is 19.7 Å². The highest BCUT2D eigenvalue weighted by atomic mass is 16.2. The molecular weight excluding hydrogens is 366 g/mol. The Morgan fingerprint density at radius 2 is 1.69 bits per heavy atom. The average molecular weight is 398 g/mol. The van der Waals surface area contributed by atoms with Crippen LogP contribution in [0.25, 0.3) is 0 Å². The quantitative estimate of drug-likeness (QED) is 0.727. The van der Waals surface area contributed by atoms with E-state index in [-0.39, 0.29) is 6.04 Å². The number of benzene rings is 1. The standard InChI is InChI=1S/C22H31N5O2/c1-4-17-7-9-18(10-8-17)24-22(29)21(28)23-16-20(19-6-5-11-26(19)3)27-14-12-25(2)13-15-27/h5-11,20H,4,12-16H2,1-3H3,(H,23,28)(H,24,29). The van der Waals surface area contributed by atoms with Gasteiger partial charge in [0.1, 0.15) is 0 Å². The van der Waals surface area contributed by atoms with E-state index in [1.54, 1.807) is 0 Å². The number of amides is 2. The highest BCUT2D eigenvalue weighted by Crippen LogP contribution is 2.21. The van der Waals surface area contributed by atoms with Crippen LogP contribution in [0.3, 0.4) is 0 Å². The Morgan fingerprint density at radius 1 is 1.00 bits per heavy atom. The zero-order chi connectivity index (χ0) is 20.8. The highest BCUT2D eigenvalue weighted by molar-refractivity contribution is 6.39. The predicted octanol–water partition coefficient (Wildman–Crippen LogP) is 1.63. The van der Waals surface area contributed by atoms with Gasteiger partial charge in [-0.3, -0.25) is 14.5 Å². The largest absolute Gasteiger partial charge is 0.353 e. The summed E-state index contributed by atoms with van der Waals surface area (Å²) < 4.78 is 2.07. The SMILES string of the molecule is CCc1ccc(NC(=O)C(=O)NCC(c2cccn2C)N2CCN(C)CC2)cc1. The summed E-state index contributed by atoms with van der Waals surface area (Å²) in [6.45, 7) is 6.30. The molecular formula is C22H31N5O2. The molecule has 2 N–H and O–H groups in total. The molecule has 2 amide bonds. The van der Waals surface area contributed by atoms with E-state index in [4.69, 9.17) is 0 Å². The van der Waals surface area contributed by atoms with Crippen LogP contribution in [0.4, 0.5) is 5.69 Å². The van der Waals surface area contributed by atoms with E-state index in [9.17, 15) is 9.59 Å². The summed E-state index contributed by atoms with van der Waals surface area (Å²) in [4.78, 5) is 29.4. The summed E-state index contributed by atoms with van der Waals surface area (Å²) in [5.74, 6) is -1.25. The number of hydrogen-bond acceptors (Lipinski definition) is 4. The van der Waals surface area contributed by atoms with Gasteiger partial charge in [-0.2, -0.15) is 0 Å². The number of nitrogens with one attached hydrogen (secondary N) is 2. The number of likely N-dealkylation sites (N-methyl/N-ethyl adjacent to an activating group) is 1. The lowest BCUT2D eigenvalue weighted by molar-refractivity contribution is -0.136. The Kier molecular flexibility index (Phi) is 7.06. The first-order valence-electron chi connectivity index (χ1n) is 10.2. The molecule has 156 valence electrons. The molecule has 29 heavy (non-hydrogen) atoms. The minimum absolute atomic E-state index is 0.0317. The summed E-state index contributed by atoms with van der Waals surface area (Å²) in [6, 6.07) is 11.7. The van der Waals surface area contributed by atoms with Crippen molar-refractivity contribution in [3.05, 3.63) is 53.9 Å². The lowest BCUT2D eigenvalue weighted by Crippen LogP contribution is -2.49. The maximum atomic E-state index is 12.4. The van der Waals surface area contributed by atoms with Gasteiger partial charge in [0.2, 0.25) is 0 Å². The Hall–Kier alpha value is -2.64. The fourth-order valence-corrected chi connectivity index (χ4v) is 3.66. The lowest BCUT2D eigenvalue weighted by Gasteiger charge is -2.38. The van der Waals surface area contributed by atoms with Gasteiger partial charge in [0.15, 0.2) is 0 Å². The molecule has 0 bridgehead atoms. The number of hydrogen-bond donors (Lipinski definition) is 2. The maximum absolute atomic E-state index is 12.4. The zero-order valence-electron chi connectivity index (χ0n) is 17.5. The third-order valence-corrected chi connectivity index (χ3v) is 5.59. The lowest BCUT2D eigenvalue weighted by atomic mass is 10.1. The molecule has 7 nitrogen and oxygen atoms in total. The van der Waals surface area contributed by atoms with Gasteiger partial charge in [0, 0.05) is 57.3 Å². The van der Waals surface area contributed by atoms with Gasteiger partial charge in [-0.25, -0.2) is 0 Å². The Balaban J connectivity index is 1.61. The van der Waals surface area contributed by atoms with Crippen LogP contribution in [0, 0.1) is 0 Å². The Morgan fingerprint density at radius 3 is 2.28 bits per heavy atom. The molecule has 2 aromatic rings. The van der Waals surface area contributed by atoms with Crippen LogP contribution in [0.5, 0.6) is 0 Å².